The van der Waals surface area contributed by atoms with Crippen LogP contribution in [0, 0.1) is 12.8 Å². The normalized spacial score (nSPS) is 25.4. The van der Waals surface area contributed by atoms with Gasteiger partial charge in [-0.15, -0.1) is 0 Å². The maximum atomic E-state index is 12.0. The lowest BCUT2D eigenvalue weighted by Crippen LogP contribution is -2.40. The minimum atomic E-state index is -0.0588. The number of nitrogens with zero attached hydrogens (tertiary/aromatic N) is 1. The number of aryl methyl sites for hydroxylation is 1. The first kappa shape index (κ1) is 11.1. The van der Waals surface area contributed by atoms with E-state index in [1.807, 2.05) is 6.92 Å². The number of anilines is 1. The molecule has 0 spiro atoms. The molecule has 0 bridgehead atoms. The summed E-state index contributed by atoms with van der Waals surface area (Å²) in [4.78, 5) is 12.0. The fourth-order valence-electron chi connectivity index (χ4n) is 2.17. The molecule has 0 radical (unpaired) electrons. The first-order valence-electron chi connectivity index (χ1n) is 5.75. The van der Waals surface area contributed by atoms with Crippen LogP contribution in [0.5, 0.6) is 0 Å². The van der Waals surface area contributed by atoms with Crippen molar-refractivity contribution < 1.29 is 4.79 Å². The molecule has 2 rings (SSSR count). The van der Waals surface area contributed by atoms with Gasteiger partial charge in [-0.05, 0) is 19.8 Å². The van der Waals surface area contributed by atoms with E-state index >= 15 is 0 Å². The number of nitrogens with two attached hydrogens (primary N) is 1. The number of aromatic amines is 1. The Labute approximate surface area is 94.8 Å². The van der Waals surface area contributed by atoms with Crippen molar-refractivity contribution in [1.82, 2.24) is 10.2 Å². The molecule has 0 aliphatic heterocycles. The van der Waals surface area contributed by atoms with Gasteiger partial charge < -0.3 is 11.1 Å². The zero-order chi connectivity index (χ0) is 11.5. The molecule has 1 aromatic heterocycles. The molecule has 0 aromatic carbocycles. The average molecular weight is 222 g/mol. The molecule has 1 heterocycles. The fourth-order valence-corrected chi connectivity index (χ4v) is 2.17. The molecule has 1 aliphatic rings. The van der Waals surface area contributed by atoms with E-state index in [0.717, 1.165) is 31.2 Å². The van der Waals surface area contributed by atoms with Gasteiger partial charge in [-0.25, -0.2) is 0 Å². The summed E-state index contributed by atoms with van der Waals surface area (Å²) < 4.78 is 0. The quantitative estimate of drug-likeness (QED) is 0.702. The molecular formula is C11H18N4O. The molecule has 88 valence electrons. The Morgan fingerprint density at radius 2 is 2.31 bits per heavy atom. The van der Waals surface area contributed by atoms with Crippen molar-refractivity contribution in [3.8, 4) is 0 Å². The fraction of sp³-hybridized carbons (Fsp3) is 0.636. The first-order valence-corrected chi connectivity index (χ1v) is 5.75. The second-order valence-electron chi connectivity index (χ2n) is 4.47. The highest BCUT2D eigenvalue weighted by atomic mass is 16.2. The van der Waals surface area contributed by atoms with Crippen LogP contribution in [0.15, 0.2) is 6.20 Å². The molecule has 1 aromatic rings. The predicted molar refractivity (Wildman–Crippen MR) is 61.9 cm³/mol. The smallest absolute Gasteiger partial charge is 0.230 e. The van der Waals surface area contributed by atoms with Gasteiger partial charge in [0.1, 0.15) is 5.82 Å². The van der Waals surface area contributed by atoms with Gasteiger partial charge in [0.05, 0.1) is 12.1 Å². The van der Waals surface area contributed by atoms with Crippen LogP contribution in [0.2, 0.25) is 0 Å². The van der Waals surface area contributed by atoms with Crippen molar-refractivity contribution in [2.45, 2.75) is 38.6 Å². The van der Waals surface area contributed by atoms with Crippen molar-refractivity contribution in [2.24, 2.45) is 11.7 Å². The van der Waals surface area contributed by atoms with Crippen molar-refractivity contribution >= 4 is 11.7 Å². The van der Waals surface area contributed by atoms with Gasteiger partial charge in [0.25, 0.3) is 0 Å². The number of H-pyrrole nitrogens is 1. The molecule has 1 saturated carbocycles. The Hall–Kier alpha value is -1.36. The summed E-state index contributed by atoms with van der Waals surface area (Å²) in [6.07, 6.45) is 5.75. The zero-order valence-corrected chi connectivity index (χ0v) is 9.49. The van der Waals surface area contributed by atoms with Crippen LogP contribution < -0.4 is 11.1 Å². The summed E-state index contributed by atoms with van der Waals surface area (Å²) >= 11 is 0. The first-order chi connectivity index (χ1) is 7.68. The Balaban J connectivity index is 2.00. The zero-order valence-electron chi connectivity index (χ0n) is 9.49. The van der Waals surface area contributed by atoms with Gasteiger partial charge in [0.15, 0.2) is 0 Å². The lowest BCUT2D eigenvalue weighted by atomic mass is 9.84. The highest BCUT2D eigenvalue weighted by Gasteiger charge is 2.28. The van der Waals surface area contributed by atoms with Crippen LogP contribution >= 0.6 is 0 Å². The summed E-state index contributed by atoms with van der Waals surface area (Å²) in [6.45, 7) is 1.90. The van der Waals surface area contributed by atoms with E-state index in [0.29, 0.717) is 5.82 Å². The van der Waals surface area contributed by atoms with E-state index in [-0.39, 0.29) is 17.9 Å². The topological polar surface area (TPSA) is 83.8 Å². The highest BCUT2D eigenvalue weighted by molar-refractivity contribution is 5.92. The molecule has 1 fully saturated rings. The van der Waals surface area contributed by atoms with Crippen molar-refractivity contribution in [3.05, 3.63) is 11.8 Å². The van der Waals surface area contributed by atoms with Crippen LogP contribution in [0.25, 0.3) is 0 Å². The number of carbonyl (C=O) groups is 1. The average Bonchev–Trinajstić information content (AvgIpc) is 2.65. The Kier molecular flexibility index (Phi) is 3.24. The van der Waals surface area contributed by atoms with E-state index in [1.165, 1.54) is 0 Å². The Morgan fingerprint density at radius 3 is 2.94 bits per heavy atom. The van der Waals surface area contributed by atoms with Crippen LogP contribution in [-0.2, 0) is 4.79 Å². The number of hydrogen-bond acceptors (Lipinski definition) is 3. The third kappa shape index (κ3) is 2.24. The van der Waals surface area contributed by atoms with Crippen LogP contribution in [0.1, 0.15) is 31.2 Å². The largest absolute Gasteiger partial charge is 0.327 e. The Morgan fingerprint density at radius 1 is 1.56 bits per heavy atom. The van der Waals surface area contributed by atoms with Crippen LogP contribution in [-0.4, -0.2) is 22.1 Å². The lowest BCUT2D eigenvalue weighted by molar-refractivity contribution is -0.121. The van der Waals surface area contributed by atoms with E-state index in [1.54, 1.807) is 6.20 Å². The lowest BCUT2D eigenvalue weighted by Gasteiger charge is -2.27. The second-order valence-corrected chi connectivity index (χ2v) is 4.47. The minimum Gasteiger partial charge on any atom is -0.327 e. The van der Waals surface area contributed by atoms with Gasteiger partial charge >= 0.3 is 0 Å². The van der Waals surface area contributed by atoms with Crippen LogP contribution in [0.4, 0.5) is 5.82 Å². The molecular weight excluding hydrogens is 204 g/mol. The summed E-state index contributed by atoms with van der Waals surface area (Å²) in [7, 11) is 0. The van der Waals surface area contributed by atoms with Gasteiger partial charge in [0.2, 0.25) is 5.91 Å². The maximum Gasteiger partial charge on any atom is 0.230 e. The van der Waals surface area contributed by atoms with E-state index in [2.05, 4.69) is 15.5 Å². The predicted octanol–water partition coefficient (Wildman–Crippen LogP) is 1.17. The van der Waals surface area contributed by atoms with Gasteiger partial charge in [-0.1, -0.05) is 12.8 Å². The van der Waals surface area contributed by atoms with E-state index in [4.69, 9.17) is 5.73 Å². The summed E-state index contributed by atoms with van der Waals surface area (Å²) in [5.74, 6) is 0.638. The second kappa shape index (κ2) is 4.65. The monoisotopic (exact) mass is 222 g/mol. The standard InChI is InChI=1S/C11H18N4O/c1-7-6-13-15-10(7)14-11(16)8-4-2-3-5-9(8)12/h6,8-9H,2-5,12H2,1H3,(H2,13,14,15,16). The van der Waals surface area contributed by atoms with E-state index in [9.17, 15) is 4.79 Å². The number of hydrogen-bond donors (Lipinski definition) is 3. The number of amides is 1. The molecule has 0 saturated heterocycles. The molecule has 2 atom stereocenters. The van der Waals surface area contributed by atoms with Crippen molar-refractivity contribution in [3.63, 3.8) is 0 Å². The molecule has 4 N–H and O–H groups in total. The molecule has 16 heavy (non-hydrogen) atoms. The third-order valence-corrected chi connectivity index (χ3v) is 3.23. The van der Waals surface area contributed by atoms with Gasteiger partial charge in [-0.3, -0.25) is 9.89 Å². The minimum absolute atomic E-state index is 0.00280. The molecule has 5 nitrogen and oxygen atoms in total. The van der Waals surface area contributed by atoms with Gasteiger partial charge in [0, 0.05) is 11.6 Å². The molecule has 1 aliphatic carbocycles. The summed E-state index contributed by atoms with van der Waals surface area (Å²) in [6, 6.07) is -0.00280. The molecule has 5 heteroatoms. The molecule has 2 unspecified atom stereocenters. The Bertz CT molecular complexity index is 374. The number of nitrogens with one attached hydrogen (secondary N) is 2. The number of rotatable bonds is 2. The van der Waals surface area contributed by atoms with Crippen molar-refractivity contribution in [2.75, 3.05) is 5.32 Å². The molecule has 1 amide bonds. The SMILES string of the molecule is Cc1cn[nH]c1NC(=O)C1CCCCC1N. The summed E-state index contributed by atoms with van der Waals surface area (Å²) in [5.41, 5.74) is 6.90. The van der Waals surface area contributed by atoms with E-state index < -0.39 is 0 Å². The number of aromatic nitrogens is 2. The van der Waals surface area contributed by atoms with Gasteiger partial charge in [-0.2, -0.15) is 5.10 Å². The van der Waals surface area contributed by atoms with Crippen molar-refractivity contribution in [1.29, 1.82) is 0 Å². The maximum absolute atomic E-state index is 12.0. The van der Waals surface area contributed by atoms with Crippen LogP contribution in [0.3, 0.4) is 0 Å². The summed E-state index contributed by atoms with van der Waals surface area (Å²) in [5, 5.41) is 9.49. The number of carbonyl (C=O) groups excluding carboxylic acids is 1. The highest BCUT2D eigenvalue weighted by Crippen LogP contribution is 2.24. The third-order valence-electron chi connectivity index (χ3n) is 3.23.